The first-order chi connectivity index (χ1) is 12.7. The summed E-state index contributed by atoms with van der Waals surface area (Å²) in [7, 11) is 1.60. The van der Waals surface area contributed by atoms with Crippen LogP contribution in [0.3, 0.4) is 0 Å². The zero-order valence-corrected chi connectivity index (χ0v) is 14.9. The number of hydrogen-bond acceptors (Lipinski definition) is 5. The molecule has 3 saturated heterocycles. The number of benzene rings is 1. The Labute approximate surface area is 153 Å². The first-order valence-corrected chi connectivity index (χ1v) is 9.02. The number of hydrogen-bond donors (Lipinski definition) is 1. The summed E-state index contributed by atoms with van der Waals surface area (Å²) in [6, 6.07) is 10.9. The van der Waals surface area contributed by atoms with Gasteiger partial charge < -0.3 is 19.7 Å². The number of nitrogens with one attached hydrogen (secondary N) is 1. The summed E-state index contributed by atoms with van der Waals surface area (Å²) in [4.78, 5) is 19.1. The van der Waals surface area contributed by atoms with Crippen LogP contribution in [0.25, 0.3) is 0 Å². The van der Waals surface area contributed by atoms with Gasteiger partial charge in [0.25, 0.3) is 5.91 Å². The van der Waals surface area contributed by atoms with Crippen LogP contribution in [0.15, 0.2) is 42.6 Å². The van der Waals surface area contributed by atoms with E-state index in [4.69, 9.17) is 9.47 Å². The van der Waals surface area contributed by atoms with Gasteiger partial charge in [0.1, 0.15) is 11.5 Å². The molecule has 4 heterocycles. The molecule has 1 amide bonds. The van der Waals surface area contributed by atoms with Crippen LogP contribution >= 0.6 is 0 Å². The third kappa shape index (κ3) is 3.65. The first-order valence-electron chi connectivity index (χ1n) is 9.02. The Balaban J connectivity index is 1.38. The summed E-state index contributed by atoms with van der Waals surface area (Å²) in [5.74, 6) is 2.36. The molecule has 3 aliphatic rings. The predicted molar refractivity (Wildman–Crippen MR) is 97.7 cm³/mol. The van der Waals surface area contributed by atoms with E-state index >= 15 is 0 Å². The van der Waals surface area contributed by atoms with Crippen molar-refractivity contribution in [2.24, 2.45) is 5.92 Å². The molecule has 3 fully saturated rings. The molecule has 2 bridgehead atoms. The lowest BCUT2D eigenvalue weighted by Crippen LogP contribution is -2.57. The van der Waals surface area contributed by atoms with E-state index in [1.807, 2.05) is 0 Å². The summed E-state index contributed by atoms with van der Waals surface area (Å²) >= 11 is 0. The maximum absolute atomic E-state index is 12.5. The molecule has 136 valence electrons. The molecule has 0 aliphatic carbocycles. The molecule has 0 saturated carbocycles. The largest absolute Gasteiger partial charge is 0.497 e. The van der Waals surface area contributed by atoms with Gasteiger partial charge in [-0.1, -0.05) is 0 Å². The number of carbonyl (C=O) groups excluding carboxylic acids is 1. The van der Waals surface area contributed by atoms with E-state index in [9.17, 15) is 4.79 Å². The number of carbonyl (C=O) groups is 1. The molecule has 1 aromatic carbocycles. The molecule has 1 aromatic heterocycles. The molecule has 6 nitrogen and oxygen atoms in total. The third-order valence-electron chi connectivity index (χ3n) is 5.25. The van der Waals surface area contributed by atoms with Crippen molar-refractivity contribution in [3.63, 3.8) is 0 Å². The van der Waals surface area contributed by atoms with Gasteiger partial charge in [-0.15, -0.1) is 0 Å². The van der Waals surface area contributed by atoms with Crippen molar-refractivity contribution < 1.29 is 14.3 Å². The van der Waals surface area contributed by atoms with Crippen LogP contribution in [0.4, 0.5) is 0 Å². The van der Waals surface area contributed by atoms with Crippen LogP contribution in [0.1, 0.15) is 23.2 Å². The Bertz CT molecular complexity index is 770. The molecule has 1 N–H and O–H groups in total. The van der Waals surface area contributed by atoms with Crippen molar-refractivity contribution in [1.82, 2.24) is 15.2 Å². The summed E-state index contributed by atoms with van der Waals surface area (Å²) in [5, 5.41) is 3.20. The maximum Gasteiger partial charge on any atom is 0.251 e. The average Bonchev–Trinajstić information content (AvgIpc) is 2.69. The van der Waals surface area contributed by atoms with E-state index in [-0.39, 0.29) is 11.9 Å². The molecule has 6 heteroatoms. The number of ether oxygens (including phenoxy) is 2. The Hall–Kier alpha value is -2.60. The molecule has 0 radical (unpaired) electrons. The lowest BCUT2D eigenvalue weighted by atomic mass is 9.84. The second-order valence-electron chi connectivity index (χ2n) is 6.88. The zero-order valence-electron chi connectivity index (χ0n) is 14.9. The lowest BCUT2D eigenvalue weighted by Gasteiger charge is -2.44. The van der Waals surface area contributed by atoms with Gasteiger partial charge in [-0.2, -0.15) is 0 Å². The number of amides is 1. The molecular weight excluding hydrogens is 330 g/mol. The van der Waals surface area contributed by atoms with E-state index < -0.39 is 0 Å². The molecular formula is C20H23N3O3. The summed E-state index contributed by atoms with van der Waals surface area (Å²) in [6.45, 7) is 3.31. The number of nitrogens with zero attached hydrogens (tertiary/aromatic N) is 2. The number of rotatable bonds is 5. The van der Waals surface area contributed by atoms with Crippen molar-refractivity contribution in [2.45, 2.75) is 18.9 Å². The van der Waals surface area contributed by atoms with Gasteiger partial charge in [-0.25, -0.2) is 4.98 Å². The lowest BCUT2D eigenvalue weighted by molar-refractivity contribution is 0.0620. The highest BCUT2D eigenvalue weighted by molar-refractivity contribution is 5.94. The van der Waals surface area contributed by atoms with Crippen molar-refractivity contribution in [3.8, 4) is 17.4 Å². The monoisotopic (exact) mass is 353 g/mol. The molecule has 1 atom stereocenters. The molecule has 2 aromatic rings. The number of aromatic nitrogens is 1. The van der Waals surface area contributed by atoms with E-state index in [1.165, 1.54) is 25.9 Å². The third-order valence-corrected chi connectivity index (χ3v) is 5.25. The highest BCUT2D eigenvalue weighted by Crippen LogP contribution is 2.28. The smallest absolute Gasteiger partial charge is 0.251 e. The normalized spacial score (nSPS) is 24.1. The highest BCUT2D eigenvalue weighted by atomic mass is 16.5. The second-order valence-corrected chi connectivity index (χ2v) is 6.88. The van der Waals surface area contributed by atoms with Gasteiger partial charge in [0.05, 0.1) is 7.11 Å². The second kappa shape index (κ2) is 7.33. The quantitative estimate of drug-likeness (QED) is 0.895. The maximum atomic E-state index is 12.5. The van der Waals surface area contributed by atoms with Gasteiger partial charge in [0.15, 0.2) is 0 Å². The fourth-order valence-corrected chi connectivity index (χ4v) is 3.75. The van der Waals surface area contributed by atoms with Crippen LogP contribution in [0.2, 0.25) is 0 Å². The van der Waals surface area contributed by atoms with Gasteiger partial charge >= 0.3 is 0 Å². The Morgan fingerprint density at radius 1 is 1.15 bits per heavy atom. The predicted octanol–water partition coefficient (Wildman–Crippen LogP) is 2.71. The molecule has 3 aliphatic heterocycles. The summed E-state index contributed by atoms with van der Waals surface area (Å²) < 4.78 is 10.9. The molecule has 0 spiro atoms. The standard InChI is InChI=1S/C20H23N3O3/c1-25-17-6-9-21-19(12-17)26-16-4-2-15(3-5-16)20(24)22-18-13-23-10-7-14(18)8-11-23/h2-6,9,12,14,18H,7-8,10-11,13H2,1H3,(H,22,24)/t18-/m0/s1. The van der Waals surface area contributed by atoms with Crippen molar-refractivity contribution >= 4 is 5.91 Å². The van der Waals surface area contributed by atoms with Crippen molar-refractivity contribution in [1.29, 1.82) is 0 Å². The van der Waals surface area contributed by atoms with E-state index in [1.54, 1.807) is 49.7 Å². The van der Waals surface area contributed by atoms with Gasteiger partial charge in [-0.3, -0.25) is 4.79 Å². The number of methoxy groups -OCH3 is 1. The minimum absolute atomic E-state index is 0.0187. The topological polar surface area (TPSA) is 63.7 Å². The Morgan fingerprint density at radius 3 is 2.58 bits per heavy atom. The minimum atomic E-state index is -0.0187. The van der Waals surface area contributed by atoms with Gasteiger partial charge in [0, 0.05) is 30.4 Å². The van der Waals surface area contributed by atoms with Crippen LogP contribution in [0, 0.1) is 5.92 Å². The molecule has 26 heavy (non-hydrogen) atoms. The van der Waals surface area contributed by atoms with Crippen LogP contribution < -0.4 is 14.8 Å². The number of pyridine rings is 1. The number of fused-ring (bicyclic) bond motifs is 3. The fourth-order valence-electron chi connectivity index (χ4n) is 3.75. The average molecular weight is 353 g/mol. The van der Waals surface area contributed by atoms with E-state index in [0.29, 0.717) is 28.9 Å². The highest BCUT2D eigenvalue weighted by Gasteiger charge is 2.34. The first kappa shape index (κ1) is 16.8. The number of piperidine rings is 3. The molecule has 5 rings (SSSR count). The zero-order chi connectivity index (χ0) is 17.9. The van der Waals surface area contributed by atoms with E-state index in [2.05, 4.69) is 15.2 Å². The van der Waals surface area contributed by atoms with E-state index in [0.717, 1.165) is 6.54 Å². The van der Waals surface area contributed by atoms with Gasteiger partial charge in [-0.05, 0) is 62.2 Å². The molecule has 0 unspecified atom stereocenters. The summed E-state index contributed by atoms with van der Waals surface area (Å²) in [6.07, 6.45) is 4.00. The van der Waals surface area contributed by atoms with Crippen molar-refractivity contribution in [3.05, 3.63) is 48.2 Å². The van der Waals surface area contributed by atoms with Crippen LogP contribution in [-0.2, 0) is 0 Å². The minimum Gasteiger partial charge on any atom is -0.497 e. The Morgan fingerprint density at radius 2 is 1.92 bits per heavy atom. The fraction of sp³-hybridized carbons (Fsp3) is 0.400. The van der Waals surface area contributed by atoms with Crippen LogP contribution in [-0.4, -0.2) is 48.6 Å². The Kier molecular flexibility index (Phi) is 4.75. The SMILES string of the molecule is COc1ccnc(Oc2ccc(C(=O)N[C@H]3CN4CCC3CC4)cc2)c1. The van der Waals surface area contributed by atoms with Crippen LogP contribution in [0.5, 0.6) is 17.4 Å². The van der Waals surface area contributed by atoms with Crippen molar-refractivity contribution in [2.75, 3.05) is 26.7 Å². The summed E-state index contributed by atoms with van der Waals surface area (Å²) in [5.41, 5.74) is 0.646. The van der Waals surface area contributed by atoms with Gasteiger partial charge in [0.2, 0.25) is 5.88 Å².